The van der Waals surface area contributed by atoms with E-state index < -0.39 is 0 Å². The molecule has 0 unspecified atom stereocenters. The standard InChI is InChI=1S/C14H10ClN3O/c15-10-7-5-9(6-8-10)14(19)16-13-11-3-1-2-4-12(11)17-18-13/h1-8H,(H2,16,17,18,19). The number of hydrogen-bond acceptors (Lipinski definition) is 2. The molecule has 19 heavy (non-hydrogen) atoms. The van der Waals surface area contributed by atoms with Crippen molar-refractivity contribution in [2.24, 2.45) is 0 Å². The van der Waals surface area contributed by atoms with Crippen LogP contribution in [-0.2, 0) is 0 Å². The number of nitrogens with one attached hydrogen (secondary N) is 2. The summed E-state index contributed by atoms with van der Waals surface area (Å²) in [7, 11) is 0. The van der Waals surface area contributed by atoms with Crippen LogP contribution in [0.5, 0.6) is 0 Å². The second kappa shape index (κ2) is 4.74. The van der Waals surface area contributed by atoms with Gasteiger partial charge in [-0.05, 0) is 36.4 Å². The second-order valence-electron chi connectivity index (χ2n) is 4.08. The van der Waals surface area contributed by atoms with Crippen LogP contribution in [0.3, 0.4) is 0 Å². The summed E-state index contributed by atoms with van der Waals surface area (Å²) in [5.74, 6) is 0.310. The largest absolute Gasteiger partial charge is 0.305 e. The third-order valence-corrected chi connectivity index (χ3v) is 3.06. The Bertz CT molecular complexity index is 734. The Morgan fingerprint density at radius 1 is 1.11 bits per heavy atom. The molecule has 4 nitrogen and oxygen atoms in total. The lowest BCUT2D eigenvalue weighted by atomic mass is 10.2. The molecule has 1 heterocycles. The smallest absolute Gasteiger partial charge is 0.256 e. The molecule has 2 aromatic carbocycles. The maximum absolute atomic E-state index is 12.1. The minimum absolute atomic E-state index is 0.214. The quantitative estimate of drug-likeness (QED) is 0.750. The summed E-state index contributed by atoms with van der Waals surface area (Å²) >= 11 is 5.79. The third kappa shape index (κ3) is 2.30. The molecule has 0 aliphatic carbocycles. The summed E-state index contributed by atoms with van der Waals surface area (Å²) < 4.78 is 0. The van der Waals surface area contributed by atoms with Crippen LogP contribution in [0, 0.1) is 0 Å². The first kappa shape index (κ1) is 11.7. The Hall–Kier alpha value is -2.33. The SMILES string of the molecule is O=C(Nc1n[nH]c2ccccc12)c1ccc(Cl)cc1. The summed E-state index contributed by atoms with van der Waals surface area (Å²) in [6, 6.07) is 14.3. The van der Waals surface area contributed by atoms with E-state index in [1.807, 2.05) is 24.3 Å². The molecule has 0 atom stereocenters. The third-order valence-electron chi connectivity index (χ3n) is 2.81. The van der Waals surface area contributed by atoms with Crippen LogP contribution in [-0.4, -0.2) is 16.1 Å². The van der Waals surface area contributed by atoms with E-state index in [0.29, 0.717) is 16.4 Å². The van der Waals surface area contributed by atoms with Crippen molar-refractivity contribution < 1.29 is 4.79 Å². The number of nitrogens with zero attached hydrogens (tertiary/aromatic N) is 1. The molecule has 0 fully saturated rings. The fraction of sp³-hybridized carbons (Fsp3) is 0. The van der Waals surface area contributed by atoms with Crippen LogP contribution in [0.15, 0.2) is 48.5 Å². The zero-order chi connectivity index (χ0) is 13.2. The van der Waals surface area contributed by atoms with Crippen molar-refractivity contribution in [3.63, 3.8) is 0 Å². The number of rotatable bonds is 2. The van der Waals surface area contributed by atoms with Crippen LogP contribution < -0.4 is 5.32 Å². The number of halogens is 1. The molecule has 0 aliphatic heterocycles. The minimum Gasteiger partial charge on any atom is -0.305 e. The Kier molecular flexibility index (Phi) is 2.93. The Balaban J connectivity index is 1.89. The Labute approximate surface area is 114 Å². The molecule has 3 aromatic rings. The number of fused-ring (bicyclic) bond motifs is 1. The second-order valence-corrected chi connectivity index (χ2v) is 4.52. The first-order chi connectivity index (χ1) is 9.24. The molecule has 0 saturated heterocycles. The highest BCUT2D eigenvalue weighted by atomic mass is 35.5. The van der Waals surface area contributed by atoms with Gasteiger partial charge in [0, 0.05) is 16.0 Å². The molecule has 0 aliphatic rings. The average Bonchev–Trinajstić information content (AvgIpc) is 2.83. The van der Waals surface area contributed by atoms with Crippen molar-refractivity contribution >= 4 is 34.2 Å². The number of amides is 1. The molecule has 5 heteroatoms. The first-order valence-electron chi connectivity index (χ1n) is 5.74. The zero-order valence-electron chi connectivity index (χ0n) is 9.85. The number of aromatic amines is 1. The first-order valence-corrected chi connectivity index (χ1v) is 6.12. The van der Waals surface area contributed by atoms with Crippen molar-refractivity contribution in [2.75, 3.05) is 5.32 Å². The molecule has 3 rings (SSSR count). The molecule has 1 aromatic heterocycles. The van der Waals surface area contributed by atoms with E-state index in [-0.39, 0.29) is 5.91 Å². The molecular formula is C14H10ClN3O. The van der Waals surface area contributed by atoms with E-state index in [1.54, 1.807) is 24.3 Å². The fourth-order valence-corrected chi connectivity index (χ4v) is 1.97. The zero-order valence-corrected chi connectivity index (χ0v) is 10.6. The van der Waals surface area contributed by atoms with Crippen LogP contribution >= 0.6 is 11.6 Å². The van der Waals surface area contributed by atoms with Gasteiger partial charge in [-0.15, -0.1) is 0 Å². The monoisotopic (exact) mass is 271 g/mol. The van der Waals surface area contributed by atoms with E-state index in [1.165, 1.54) is 0 Å². The number of H-pyrrole nitrogens is 1. The van der Waals surface area contributed by atoms with Gasteiger partial charge < -0.3 is 5.32 Å². The van der Waals surface area contributed by atoms with Crippen molar-refractivity contribution in [1.82, 2.24) is 10.2 Å². The molecular weight excluding hydrogens is 262 g/mol. The molecule has 0 saturated carbocycles. The molecule has 2 N–H and O–H groups in total. The molecule has 94 valence electrons. The van der Waals surface area contributed by atoms with Gasteiger partial charge in [0.1, 0.15) is 0 Å². The van der Waals surface area contributed by atoms with Crippen molar-refractivity contribution in [3.8, 4) is 0 Å². The van der Waals surface area contributed by atoms with E-state index in [4.69, 9.17) is 11.6 Å². The number of carbonyl (C=O) groups excluding carboxylic acids is 1. The van der Waals surface area contributed by atoms with Crippen molar-refractivity contribution in [2.45, 2.75) is 0 Å². The molecule has 0 spiro atoms. The van der Waals surface area contributed by atoms with Gasteiger partial charge >= 0.3 is 0 Å². The number of carbonyl (C=O) groups is 1. The predicted molar refractivity (Wildman–Crippen MR) is 75.5 cm³/mol. The Morgan fingerprint density at radius 3 is 2.63 bits per heavy atom. The highest BCUT2D eigenvalue weighted by Crippen LogP contribution is 2.20. The fourth-order valence-electron chi connectivity index (χ4n) is 1.84. The lowest BCUT2D eigenvalue weighted by molar-refractivity contribution is 0.102. The maximum Gasteiger partial charge on any atom is 0.256 e. The van der Waals surface area contributed by atoms with E-state index >= 15 is 0 Å². The summed E-state index contributed by atoms with van der Waals surface area (Å²) in [6.45, 7) is 0. The van der Waals surface area contributed by atoms with Gasteiger partial charge in [0.2, 0.25) is 0 Å². The highest BCUT2D eigenvalue weighted by molar-refractivity contribution is 6.30. The maximum atomic E-state index is 12.1. The van der Waals surface area contributed by atoms with Crippen LogP contribution in [0.25, 0.3) is 10.9 Å². The number of para-hydroxylation sites is 1. The number of hydrogen-bond donors (Lipinski definition) is 2. The van der Waals surface area contributed by atoms with Gasteiger partial charge in [-0.2, -0.15) is 5.10 Å². The predicted octanol–water partition coefficient (Wildman–Crippen LogP) is 3.47. The van der Waals surface area contributed by atoms with Crippen LogP contribution in [0.2, 0.25) is 5.02 Å². The number of anilines is 1. The number of benzene rings is 2. The van der Waals surface area contributed by atoms with Gasteiger partial charge in [0.25, 0.3) is 5.91 Å². The Morgan fingerprint density at radius 2 is 1.84 bits per heavy atom. The number of aromatic nitrogens is 2. The normalized spacial score (nSPS) is 10.6. The van der Waals surface area contributed by atoms with Crippen LogP contribution in [0.4, 0.5) is 5.82 Å². The summed E-state index contributed by atoms with van der Waals surface area (Å²) in [4.78, 5) is 12.1. The highest BCUT2D eigenvalue weighted by Gasteiger charge is 2.10. The topological polar surface area (TPSA) is 57.8 Å². The van der Waals surface area contributed by atoms with E-state index in [2.05, 4.69) is 15.5 Å². The lowest BCUT2D eigenvalue weighted by Crippen LogP contribution is -2.12. The van der Waals surface area contributed by atoms with E-state index in [9.17, 15) is 4.79 Å². The average molecular weight is 272 g/mol. The van der Waals surface area contributed by atoms with Gasteiger partial charge in [-0.25, -0.2) is 0 Å². The lowest BCUT2D eigenvalue weighted by Gasteiger charge is -2.02. The van der Waals surface area contributed by atoms with Gasteiger partial charge in [-0.1, -0.05) is 23.7 Å². The van der Waals surface area contributed by atoms with Crippen molar-refractivity contribution in [3.05, 3.63) is 59.1 Å². The van der Waals surface area contributed by atoms with Crippen molar-refractivity contribution in [1.29, 1.82) is 0 Å². The summed E-state index contributed by atoms with van der Waals surface area (Å²) in [6.07, 6.45) is 0. The molecule has 0 bridgehead atoms. The van der Waals surface area contributed by atoms with E-state index in [0.717, 1.165) is 10.9 Å². The minimum atomic E-state index is -0.214. The van der Waals surface area contributed by atoms with Gasteiger partial charge in [0.05, 0.1) is 5.52 Å². The van der Waals surface area contributed by atoms with Crippen LogP contribution in [0.1, 0.15) is 10.4 Å². The van der Waals surface area contributed by atoms with Gasteiger partial charge in [-0.3, -0.25) is 9.89 Å². The molecule has 0 radical (unpaired) electrons. The van der Waals surface area contributed by atoms with Gasteiger partial charge in [0.15, 0.2) is 5.82 Å². The summed E-state index contributed by atoms with van der Waals surface area (Å²) in [5, 5.41) is 11.2. The molecule has 1 amide bonds. The summed E-state index contributed by atoms with van der Waals surface area (Å²) in [5.41, 5.74) is 1.42.